The van der Waals surface area contributed by atoms with Crippen molar-refractivity contribution in [1.29, 1.82) is 0 Å². The Hall–Kier alpha value is -1.40. The minimum Gasteiger partial charge on any atom is -0.297 e. The number of hydrazine groups is 1. The number of ketones is 1. The van der Waals surface area contributed by atoms with Crippen molar-refractivity contribution in [2.75, 3.05) is 7.05 Å². The SMILES string of the molecule is CNNC1(c2ccccc2C(F)(F)F)CCCCC1=O. The van der Waals surface area contributed by atoms with Gasteiger partial charge in [0, 0.05) is 6.42 Å². The third-order valence-electron chi connectivity index (χ3n) is 3.71. The van der Waals surface area contributed by atoms with Crippen molar-refractivity contribution in [3.05, 3.63) is 35.4 Å². The number of carbonyl (C=O) groups is 1. The van der Waals surface area contributed by atoms with E-state index in [2.05, 4.69) is 10.9 Å². The minimum atomic E-state index is -4.48. The lowest BCUT2D eigenvalue weighted by molar-refractivity contribution is -0.140. The second-order valence-corrected chi connectivity index (χ2v) is 4.95. The number of alkyl halides is 3. The van der Waals surface area contributed by atoms with Crippen molar-refractivity contribution in [3.63, 3.8) is 0 Å². The molecule has 0 bridgehead atoms. The Morgan fingerprint density at radius 2 is 1.90 bits per heavy atom. The van der Waals surface area contributed by atoms with Crippen LogP contribution in [0, 0.1) is 0 Å². The minimum absolute atomic E-state index is 0.00606. The predicted octanol–water partition coefficient (Wildman–Crippen LogP) is 2.77. The van der Waals surface area contributed by atoms with Gasteiger partial charge in [-0.2, -0.15) is 13.2 Å². The van der Waals surface area contributed by atoms with E-state index >= 15 is 0 Å². The Balaban J connectivity index is 2.58. The first kappa shape index (κ1) is 15.0. The van der Waals surface area contributed by atoms with Gasteiger partial charge in [0.15, 0.2) is 5.78 Å². The van der Waals surface area contributed by atoms with E-state index in [9.17, 15) is 18.0 Å². The highest BCUT2D eigenvalue weighted by atomic mass is 19.4. The smallest absolute Gasteiger partial charge is 0.297 e. The maximum absolute atomic E-state index is 13.2. The number of hydrogen-bond donors (Lipinski definition) is 2. The first-order valence-corrected chi connectivity index (χ1v) is 6.56. The van der Waals surface area contributed by atoms with Gasteiger partial charge in [0.2, 0.25) is 0 Å². The molecule has 1 aromatic rings. The Kier molecular flexibility index (Phi) is 4.15. The van der Waals surface area contributed by atoms with Crippen LogP contribution in [-0.2, 0) is 16.5 Å². The molecule has 1 atom stereocenters. The molecule has 1 aromatic carbocycles. The first-order valence-electron chi connectivity index (χ1n) is 6.56. The van der Waals surface area contributed by atoms with Gasteiger partial charge in [-0.25, -0.2) is 5.43 Å². The summed E-state index contributed by atoms with van der Waals surface area (Å²) in [6, 6.07) is 5.28. The lowest BCUT2D eigenvalue weighted by atomic mass is 9.74. The number of Topliss-reactive ketones (excluding diaryl/α,β-unsaturated/α-hetero) is 1. The van der Waals surface area contributed by atoms with E-state index in [1.165, 1.54) is 18.2 Å². The van der Waals surface area contributed by atoms with Crippen LogP contribution in [0.1, 0.15) is 36.8 Å². The van der Waals surface area contributed by atoms with Crippen LogP contribution in [0.4, 0.5) is 13.2 Å². The summed E-state index contributed by atoms with van der Waals surface area (Å²) in [5.41, 5.74) is 3.39. The third kappa shape index (κ3) is 2.58. The largest absolute Gasteiger partial charge is 0.416 e. The van der Waals surface area contributed by atoms with Gasteiger partial charge < -0.3 is 0 Å². The molecule has 110 valence electrons. The zero-order chi connectivity index (χ0) is 14.8. The van der Waals surface area contributed by atoms with Crippen LogP contribution in [0.5, 0.6) is 0 Å². The summed E-state index contributed by atoms with van der Waals surface area (Å²) < 4.78 is 39.5. The van der Waals surface area contributed by atoms with Crippen LogP contribution in [0.2, 0.25) is 0 Å². The van der Waals surface area contributed by atoms with Gasteiger partial charge in [-0.05, 0) is 31.5 Å². The maximum Gasteiger partial charge on any atom is 0.416 e. The first-order chi connectivity index (χ1) is 9.42. The molecule has 1 aliphatic carbocycles. The number of benzene rings is 1. The normalized spacial score (nSPS) is 23.9. The third-order valence-corrected chi connectivity index (χ3v) is 3.71. The highest BCUT2D eigenvalue weighted by molar-refractivity contribution is 5.90. The van der Waals surface area contributed by atoms with E-state index < -0.39 is 17.3 Å². The standard InChI is InChI=1S/C14H17F3N2O/c1-18-19-13(9-5-4-8-12(13)20)10-6-2-3-7-11(10)14(15,16)17/h2-3,6-7,18-19H,4-5,8-9H2,1H3. The molecule has 1 unspecified atom stereocenters. The van der Waals surface area contributed by atoms with E-state index in [-0.39, 0.29) is 11.3 Å². The summed E-state index contributed by atoms with van der Waals surface area (Å²) in [6.07, 6.45) is -2.38. The molecule has 3 nitrogen and oxygen atoms in total. The van der Waals surface area contributed by atoms with Crippen molar-refractivity contribution >= 4 is 5.78 Å². The van der Waals surface area contributed by atoms with Crippen LogP contribution < -0.4 is 10.9 Å². The predicted molar refractivity (Wildman–Crippen MR) is 68.8 cm³/mol. The quantitative estimate of drug-likeness (QED) is 0.840. The molecule has 0 radical (unpaired) electrons. The molecule has 6 heteroatoms. The second kappa shape index (κ2) is 5.54. The zero-order valence-electron chi connectivity index (χ0n) is 11.2. The lowest BCUT2D eigenvalue weighted by Gasteiger charge is -2.38. The zero-order valence-corrected chi connectivity index (χ0v) is 11.2. The van der Waals surface area contributed by atoms with Crippen LogP contribution in [0.3, 0.4) is 0 Å². The highest BCUT2D eigenvalue weighted by Crippen LogP contribution is 2.41. The molecule has 1 saturated carbocycles. The monoisotopic (exact) mass is 286 g/mol. The molecule has 20 heavy (non-hydrogen) atoms. The fraction of sp³-hybridized carbons (Fsp3) is 0.500. The average molecular weight is 286 g/mol. The molecule has 0 spiro atoms. The Labute approximate surface area is 115 Å². The number of rotatable bonds is 3. The van der Waals surface area contributed by atoms with Gasteiger partial charge in [-0.3, -0.25) is 10.2 Å². The van der Waals surface area contributed by atoms with Crippen molar-refractivity contribution in [3.8, 4) is 0 Å². The Morgan fingerprint density at radius 1 is 1.20 bits per heavy atom. The lowest BCUT2D eigenvalue weighted by Crippen LogP contribution is -2.56. The summed E-state index contributed by atoms with van der Waals surface area (Å²) in [7, 11) is 1.56. The molecular weight excluding hydrogens is 269 g/mol. The summed E-state index contributed by atoms with van der Waals surface area (Å²) >= 11 is 0. The summed E-state index contributed by atoms with van der Waals surface area (Å²) in [4.78, 5) is 12.3. The summed E-state index contributed by atoms with van der Waals surface area (Å²) in [5, 5.41) is 0. The van der Waals surface area contributed by atoms with Crippen LogP contribution in [0.15, 0.2) is 24.3 Å². The molecule has 0 heterocycles. The number of halogens is 3. The topological polar surface area (TPSA) is 41.1 Å². The fourth-order valence-electron chi connectivity index (χ4n) is 2.83. The van der Waals surface area contributed by atoms with Crippen LogP contribution in [-0.4, -0.2) is 12.8 Å². The van der Waals surface area contributed by atoms with Crippen molar-refractivity contribution in [2.24, 2.45) is 0 Å². The molecular formula is C14H17F3N2O. The van der Waals surface area contributed by atoms with Gasteiger partial charge in [0.05, 0.1) is 5.56 Å². The van der Waals surface area contributed by atoms with Crippen molar-refractivity contribution < 1.29 is 18.0 Å². The molecule has 2 N–H and O–H groups in total. The molecule has 0 saturated heterocycles. The highest BCUT2D eigenvalue weighted by Gasteiger charge is 2.46. The summed E-state index contributed by atoms with van der Waals surface area (Å²) in [6.45, 7) is 0. The molecule has 1 aliphatic rings. The van der Waals surface area contributed by atoms with Crippen molar-refractivity contribution in [1.82, 2.24) is 10.9 Å². The van der Waals surface area contributed by atoms with Gasteiger partial charge in [-0.15, -0.1) is 0 Å². The molecule has 1 fully saturated rings. The maximum atomic E-state index is 13.2. The average Bonchev–Trinajstić information content (AvgIpc) is 2.41. The van der Waals surface area contributed by atoms with Crippen LogP contribution in [0.25, 0.3) is 0 Å². The van der Waals surface area contributed by atoms with E-state index in [1.807, 2.05) is 0 Å². The molecule has 0 amide bonds. The van der Waals surface area contributed by atoms with Gasteiger partial charge >= 0.3 is 6.18 Å². The Bertz CT molecular complexity index is 497. The van der Waals surface area contributed by atoms with E-state index in [0.717, 1.165) is 12.5 Å². The van der Waals surface area contributed by atoms with E-state index in [4.69, 9.17) is 0 Å². The molecule has 2 rings (SSSR count). The van der Waals surface area contributed by atoms with E-state index in [1.54, 1.807) is 7.05 Å². The molecule has 0 aliphatic heterocycles. The second-order valence-electron chi connectivity index (χ2n) is 4.95. The van der Waals surface area contributed by atoms with Crippen molar-refractivity contribution in [2.45, 2.75) is 37.4 Å². The van der Waals surface area contributed by atoms with E-state index in [0.29, 0.717) is 19.3 Å². The Morgan fingerprint density at radius 3 is 2.50 bits per heavy atom. The van der Waals surface area contributed by atoms with Gasteiger partial charge in [0.1, 0.15) is 5.54 Å². The van der Waals surface area contributed by atoms with Crippen LogP contribution >= 0.6 is 0 Å². The summed E-state index contributed by atoms with van der Waals surface area (Å²) in [5.74, 6) is -0.199. The van der Waals surface area contributed by atoms with Gasteiger partial charge in [-0.1, -0.05) is 24.6 Å². The number of nitrogens with one attached hydrogen (secondary N) is 2. The van der Waals surface area contributed by atoms with Gasteiger partial charge in [0.25, 0.3) is 0 Å². The molecule has 0 aromatic heterocycles. The number of hydrogen-bond acceptors (Lipinski definition) is 3. The fourth-order valence-corrected chi connectivity index (χ4v) is 2.83. The number of carbonyl (C=O) groups excluding carboxylic acids is 1.